The van der Waals surface area contributed by atoms with Crippen LogP contribution in [0.3, 0.4) is 0 Å². The zero-order chi connectivity index (χ0) is 13.0. The molecule has 0 bridgehead atoms. The van der Waals surface area contributed by atoms with E-state index in [0.29, 0.717) is 0 Å². The molecule has 2 rings (SSSR count). The summed E-state index contributed by atoms with van der Waals surface area (Å²) in [5, 5.41) is 4.18. The predicted octanol–water partition coefficient (Wildman–Crippen LogP) is 3.08. The summed E-state index contributed by atoms with van der Waals surface area (Å²) in [6.07, 6.45) is 0. The molecular weight excluding hydrogens is 319 g/mol. The van der Waals surface area contributed by atoms with Crippen molar-refractivity contribution in [1.82, 2.24) is 10.2 Å². The molecule has 116 valence electrons. The van der Waals surface area contributed by atoms with E-state index in [-0.39, 0.29) is 24.8 Å². The minimum Gasteiger partial charge on any atom is -0.492 e. The highest BCUT2D eigenvalue weighted by Crippen LogP contribution is 2.25. The molecule has 1 aliphatic rings. The number of hydrogen-bond acceptors (Lipinski definition) is 3. The molecule has 3 nitrogen and oxygen atoms in total. The molecule has 0 aliphatic carbocycles. The molecule has 0 amide bonds. The van der Waals surface area contributed by atoms with E-state index in [1.165, 1.54) is 0 Å². The first kappa shape index (κ1) is 19.8. The molecule has 1 aromatic carbocycles. The average molecular weight is 342 g/mol. The lowest BCUT2D eigenvalue weighted by Crippen LogP contribution is -2.44. The lowest BCUT2D eigenvalue weighted by Gasteiger charge is -2.27. The van der Waals surface area contributed by atoms with Crippen molar-refractivity contribution in [2.75, 3.05) is 39.3 Å². The van der Waals surface area contributed by atoms with Gasteiger partial charge in [0.1, 0.15) is 12.4 Å². The molecule has 20 heavy (non-hydrogen) atoms. The molecule has 1 saturated heterocycles. The Labute approximate surface area is 138 Å². The Hall–Kier alpha value is -0.190. The molecule has 0 spiro atoms. The van der Waals surface area contributed by atoms with E-state index >= 15 is 0 Å². The second kappa shape index (κ2) is 9.69. The molecule has 1 fully saturated rings. The zero-order valence-corrected chi connectivity index (χ0v) is 14.3. The predicted molar refractivity (Wildman–Crippen MR) is 90.2 cm³/mol. The van der Waals surface area contributed by atoms with Crippen LogP contribution in [0.25, 0.3) is 0 Å². The molecule has 0 aromatic heterocycles. The molecule has 0 unspecified atom stereocenters. The largest absolute Gasteiger partial charge is 0.492 e. The third-order valence-electron chi connectivity index (χ3n) is 3.30. The standard InChI is InChI=1S/C14H21ClN2O.2ClH/c1-11-9-13(10-12(2)14(11)15)18-8-7-17-5-3-16-4-6-17;;/h9-10,16H,3-8H2,1-2H3;2*1H. The number of rotatable bonds is 4. The van der Waals surface area contributed by atoms with E-state index in [9.17, 15) is 0 Å². The van der Waals surface area contributed by atoms with Crippen LogP contribution in [0.2, 0.25) is 5.02 Å². The van der Waals surface area contributed by atoms with Crippen LogP contribution < -0.4 is 10.1 Å². The Bertz CT molecular complexity index is 386. The van der Waals surface area contributed by atoms with Crippen LogP contribution in [-0.4, -0.2) is 44.2 Å². The van der Waals surface area contributed by atoms with Gasteiger partial charge in [0.05, 0.1) is 0 Å². The van der Waals surface area contributed by atoms with Crippen molar-refractivity contribution in [3.8, 4) is 5.75 Å². The Morgan fingerprint density at radius 3 is 2.25 bits per heavy atom. The lowest BCUT2D eigenvalue weighted by atomic mass is 10.1. The highest BCUT2D eigenvalue weighted by Gasteiger charge is 2.09. The van der Waals surface area contributed by atoms with Crippen molar-refractivity contribution in [2.24, 2.45) is 0 Å². The van der Waals surface area contributed by atoms with Gasteiger partial charge in [-0.2, -0.15) is 0 Å². The quantitative estimate of drug-likeness (QED) is 0.911. The summed E-state index contributed by atoms with van der Waals surface area (Å²) in [5.74, 6) is 0.921. The van der Waals surface area contributed by atoms with Crippen LogP contribution in [0.15, 0.2) is 12.1 Å². The molecule has 6 heteroatoms. The number of nitrogens with one attached hydrogen (secondary N) is 1. The van der Waals surface area contributed by atoms with E-state index < -0.39 is 0 Å². The fraction of sp³-hybridized carbons (Fsp3) is 0.571. The number of ether oxygens (including phenoxy) is 1. The highest BCUT2D eigenvalue weighted by molar-refractivity contribution is 6.32. The van der Waals surface area contributed by atoms with Gasteiger partial charge in [-0.05, 0) is 37.1 Å². The van der Waals surface area contributed by atoms with E-state index in [0.717, 1.165) is 61.2 Å². The highest BCUT2D eigenvalue weighted by atomic mass is 35.5. The number of hydrogen-bond donors (Lipinski definition) is 1. The molecule has 1 aromatic rings. The average Bonchev–Trinajstić information content (AvgIpc) is 2.37. The Balaban J connectivity index is 0.00000180. The van der Waals surface area contributed by atoms with Gasteiger partial charge in [0.15, 0.2) is 0 Å². The Kier molecular flexibility index (Phi) is 9.60. The van der Waals surface area contributed by atoms with E-state index in [1.807, 2.05) is 26.0 Å². The number of benzene rings is 1. The molecule has 0 saturated carbocycles. The van der Waals surface area contributed by atoms with Gasteiger partial charge < -0.3 is 10.1 Å². The molecule has 0 radical (unpaired) electrons. The van der Waals surface area contributed by atoms with E-state index in [2.05, 4.69) is 10.2 Å². The number of halogens is 3. The van der Waals surface area contributed by atoms with Crippen molar-refractivity contribution in [2.45, 2.75) is 13.8 Å². The monoisotopic (exact) mass is 340 g/mol. The molecule has 1 N–H and O–H groups in total. The topological polar surface area (TPSA) is 24.5 Å². The second-order valence-electron chi connectivity index (χ2n) is 4.81. The summed E-state index contributed by atoms with van der Waals surface area (Å²) < 4.78 is 5.80. The fourth-order valence-corrected chi connectivity index (χ4v) is 2.33. The third-order valence-corrected chi connectivity index (χ3v) is 3.89. The van der Waals surface area contributed by atoms with Crippen LogP contribution in [0.1, 0.15) is 11.1 Å². The van der Waals surface area contributed by atoms with Gasteiger partial charge in [0.25, 0.3) is 0 Å². The maximum atomic E-state index is 6.13. The Morgan fingerprint density at radius 1 is 1.15 bits per heavy atom. The summed E-state index contributed by atoms with van der Waals surface area (Å²) in [6.45, 7) is 10.1. The minimum atomic E-state index is 0. The van der Waals surface area contributed by atoms with Crippen LogP contribution in [0, 0.1) is 13.8 Å². The summed E-state index contributed by atoms with van der Waals surface area (Å²) in [4.78, 5) is 2.42. The van der Waals surface area contributed by atoms with Crippen molar-refractivity contribution in [3.05, 3.63) is 28.3 Å². The number of aryl methyl sites for hydroxylation is 2. The summed E-state index contributed by atoms with van der Waals surface area (Å²) in [7, 11) is 0. The SMILES string of the molecule is Cc1cc(OCCN2CCNCC2)cc(C)c1Cl.Cl.Cl. The van der Waals surface area contributed by atoms with Crippen LogP contribution in [-0.2, 0) is 0 Å². The Morgan fingerprint density at radius 2 is 1.70 bits per heavy atom. The van der Waals surface area contributed by atoms with Crippen LogP contribution in [0.4, 0.5) is 0 Å². The fourth-order valence-electron chi connectivity index (χ4n) is 2.22. The van der Waals surface area contributed by atoms with Gasteiger partial charge in [-0.3, -0.25) is 4.90 Å². The maximum Gasteiger partial charge on any atom is 0.119 e. The van der Waals surface area contributed by atoms with Crippen molar-refractivity contribution in [3.63, 3.8) is 0 Å². The number of nitrogens with zero attached hydrogens (tertiary/aromatic N) is 1. The van der Waals surface area contributed by atoms with E-state index in [1.54, 1.807) is 0 Å². The van der Waals surface area contributed by atoms with Gasteiger partial charge in [-0.1, -0.05) is 11.6 Å². The minimum absolute atomic E-state index is 0. The molecule has 1 heterocycles. The summed E-state index contributed by atoms with van der Waals surface area (Å²) in [6, 6.07) is 4.01. The second-order valence-corrected chi connectivity index (χ2v) is 5.19. The smallest absolute Gasteiger partial charge is 0.119 e. The van der Waals surface area contributed by atoms with Gasteiger partial charge in [0, 0.05) is 37.7 Å². The third kappa shape index (κ3) is 5.66. The van der Waals surface area contributed by atoms with Crippen LogP contribution in [0.5, 0.6) is 5.75 Å². The first-order chi connectivity index (χ1) is 8.66. The van der Waals surface area contributed by atoms with Crippen LogP contribution >= 0.6 is 36.4 Å². The number of piperazine rings is 1. The zero-order valence-electron chi connectivity index (χ0n) is 11.9. The van der Waals surface area contributed by atoms with Crippen molar-refractivity contribution >= 4 is 36.4 Å². The maximum absolute atomic E-state index is 6.13. The molecular formula is C14H23Cl3N2O. The normalized spacial score (nSPS) is 15.2. The molecule has 0 atom stereocenters. The summed E-state index contributed by atoms with van der Waals surface area (Å²) >= 11 is 6.13. The van der Waals surface area contributed by atoms with Gasteiger partial charge >= 0.3 is 0 Å². The summed E-state index contributed by atoms with van der Waals surface area (Å²) in [5.41, 5.74) is 2.16. The first-order valence-corrected chi connectivity index (χ1v) is 6.87. The van der Waals surface area contributed by atoms with Crippen molar-refractivity contribution in [1.29, 1.82) is 0 Å². The van der Waals surface area contributed by atoms with E-state index in [4.69, 9.17) is 16.3 Å². The van der Waals surface area contributed by atoms with Gasteiger partial charge in [-0.15, -0.1) is 24.8 Å². The van der Waals surface area contributed by atoms with Gasteiger partial charge in [-0.25, -0.2) is 0 Å². The van der Waals surface area contributed by atoms with Crippen molar-refractivity contribution < 1.29 is 4.74 Å². The molecule has 1 aliphatic heterocycles. The lowest BCUT2D eigenvalue weighted by molar-refractivity contribution is 0.191. The first-order valence-electron chi connectivity index (χ1n) is 6.49. The van der Waals surface area contributed by atoms with Gasteiger partial charge in [0.2, 0.25) is 0 Å².